The van der Waals surface area contributed by atoms with Crippen molar-refractivity contribution in [2.45, 2.75) is 25.3 Å². The molecular weight excluding hydrogens is 298 g/mol. The standard InChI is InChI=1S/C17H21N3O.ClH/c1-17(11-18,13-7-8-13)20-16(21)15-10-9-14(19-15)12-5-3-2-4-6-12;/h2-6,9-10,13,19H,7-8,11,18H2,1H3,(H,20,21);1H. The number of hydrogen-bond donors (Lipinski definition) is 3. The zero-order chi connectivity index (χ0) is 14.9. The van der Waals surface area contributed by atoms with Gasteiger partial charge in [-0.25, -0.2) is 0 Å². The van der Waals surface area contributed by atoms with Crippen LogP contribution in [0.3, 0.4) is 0 Å². The molecule has 1 amide bonds. The number of halogens is 1. The minimum atomic E-state index is -0.297. The maximum Gasteiger partial charge on any atom is 0.268 e. The normalized spacial score (nSPS) is 16.5. The Bertz CT molecular complexity index is 636. The van der Waals surface area contributed by atoms with Gasteiger partial charge in [-0.1, -0.05) is 30.3 Å². The number of aromatic nitrogens is 1. The molecule has 2 aromatic rings. The number of rotatable bonds is 5. The predicted molar refractivity (Wildman–Crippen MR) is 91.1 cm³/mol. The molecule has 0 radical (unpaired) electrons. The van der Waals surface area contributed by atoms with Gasteiger partial charge < -0.3 is 16.0 Å². The Morgan fingerprint density at radius 1 is 1.27 bits per heavy atom. The third-order valence-electron chi connectivity index (χ3n) is 4.32. The maximum atomic E-state index is 12.4. The largest absolute Gasteiger partial charge is 0.351 e. The molecule has 1 aliphatic rings. The fraction of sp³-hybridized carbons (Fsp3) is 0.353. The predicted octanol–water partition coefficient (Wildman–Crippen LogP) is 2.96. The smallest absolute Gasteiger partial charge is 0.268 e. The molecule has 4 nitrogen and oxygen atoms in total. The van der Waals surface area contributed by atoms with Crippen LogP contribution >= 0.6 is 12.4 Å². The van der Waals surface area contributed by atoms with E-state index in [1.165, 1.54) is 0 Å². The Morgan fingerprint density at radius 2 is 1.95 bits per heavy atom. The van der Waals surface area contributed by atoms with Crippen molar-refractivity contribution in [2.75, 3.05) is 6.54 Å². The number of carbonyl (C=O) groups excluding carboxylic acids is 1. The molecule has 1 heterocycles. The van der Waals surface area contributed by atoms with Gasteiger partial charge in [0.2, 0.25) is 0 Å². The molecule has 1 fully saturated rings. The van der Waals surface area contributed by atoms with Gasteiger partial charge in [-0.05, 0) is 43.4 Å². The van der Waals surface area contributed by atoms with Gasteiger partial charge in [-0.2, -0.15) is 0 Å². The van der Waals surface area contributed by atoms with Crippen LogP contribution in [-0.4, -0.2) is 23.0 Å². The Hall–Kier alpha value is -1.78. The van der Waals surface area contributed by atoms with Crippen LogP contribution in [0.25, 0.3) is 11.3 Å². The molecule has 22 heavy (non-hydrogen) atoms. The number of H-pyrrole nitrogens is 1. The fourth-order valence-corrected chi connectivity index (χ4v) is 2.68. The number of aromatic amines is 1. The van der Waals surface area contributed by atoms with Gasteiger partial charge in [-0.3, -0.25) is 4.79 Å². The zero-order valence-electron chi connectivity index (χ0n) is 12.6. The molecule has 1 unspecified atom stereocenters. The van der Waals surface area contributed by atoms with E-state index >= 15 is 0 Å². The fourth-order valence-electron chi connectivity index (χ4n) is 2.68. The number of benzene rings is 1. The second-order valence-electron chi connectivity index (χ2n) is 6.00. The van der Waals surface area contributed by atoms with E-state index in [4.69, 9.17) is 5.73 Å². The first-order valence-electron chi connectivity index (χ1n) is 7.39. The van der Waals surface area contributed by atoms with Crippen LogP contribution in [0.1, 0.15) is 30.3 Å². The summed E-state index contributed by atoms with van der Waals surface area (Å²) in [5.41, 5.74) is 8.14. The van der Waals surface area contributed by atoms with E-state index in [9.17, 15) is 4.79 Å². The second-order valence-corrected chi connectivity index (χ2v) is 6.00. The zero-order valence-corrected chi connectivity index (χ0v) is 13.5. The van der Waals surface area contributed by atoms with Crippen LogP contribution in [-0.2, 0) is 0 Å². The van der Waals surface area contributed by atoms with Crippen molar-refractivity contribution in [1.29, 1.82) is 0 Å². The summed E-state index contributed by atoms with van der Waals surface area (Å²) < 4.78 is 0. The molecule has 3 rings (SSSR count). The van der Waals surface area contributed by atoms with Crippen molar-refractivity contribution < 1.29 is 4.79 Å². The molecule has 0 bridgehead atoms. The van der Waals surface area contributed by atoms with E-state index in [2.05, 4.69) is 10.3 Å². The van der Waals surface area contributed by atoms with Crippen LogP contribution in [0.4, 0.5) is 0 Å². The monoisotopic (exact) mass is 319 g/mol. The first kappa shape index (κ1) is 16.6. The van der Waals surface area contributed by atoms with Crippen LogP contribution in [0, 0.1) is 5.92 Å². The van der Waals surface area contributed by atoms with Crippen LogP contribution in [0.5, 0.6) is 0 Å². The molecule has 4 N–H and O–H groups in total. The Balaban J connectivity index is 0.00000176. The van der Waals surface area contributed by atoms with Crippen molar-refractivity contribution in [1.82, 2.24) is 10.3 Å². The molecule has 1 atom stereocenters. The van der Waals surface area contributed by atoms with Gasteiger partial charge in [0.05, 0.1) is 5.54 Å². The summed E-state index contributed by atoms with van der Waals surface area (Å²) >= 11 is 0. The number of amides is 1. The lowest BCUT2D eigenvalue weighted by atomic mass is 9.96. The van der Waals surface area contributed by atoms with Crippen LogP contribution < -0.4 is 11.1 Å². The molecule has 1 aromatic heterocycles. The van der Waals surface area contributed by atoms with Gasteiger partial charge >= 0.3 is 0 Å². The quantitative estimate of drug-likeness (QED) is 0.793. The highest BCUT2D eigenvalue weighted by Gasteiger charge is 2.41. The summed E-state index contributed by atoms with van der Waals surface area (Å²) in [6.45, 7) is 2.50. The number of nitrogens with one attached hydrogen (secondary N) is 2. The van der Waals surface area contributed by atoms with Crippen molar-refractivity contribution in [2.24, 2.45) is 11.7 Å². The number of nitrogens with two attached hydrogens (primary N) is 1. The van der Waals surface area contributed by atoms with Gasteiger partial charge in [0.25, 0.3) is 5.91 Å². The molecule has 0 aliphatic heterocycles. The second kappa shape index (κ2) is 6.55. The summed E-state index contributed by atoms with van der Waals surface area (Å²) in [7, 11) is 0. The van der Waals surface area contributed by atoms with Crippen molar-refractivity contribution in [3.8, 4) is 11.3 Å². The summed E-state index contributed by atoms with van der Waals surface area (Å²) in [6.07, 6.45) is 2.29. The lowest BCUT2D eigenvalue weighted by Gasteiger charge is -2.29. The summed E-state index contributed by atoms with van der Waals surface area (Å²) in [4.78, 5) is 15.6. The third kappa shape index (κ3) is 3.34. The summed E-state index contributed by atoms with van der Waals surface area (Å²) in [6, 6.07) is 13.7. The SMILES string of the molecule is CC(CN)(NC(=O)c1ccc(-c2ccccc2)[nH]1)C1CC1.Cl. The van der Waals surface area contributed by atoms with E-state index in [0.29, 0.717) is 18.2 Å². The average molecular weight is 320 g/mol. The first-order valence-corrected chi connectivity index (χ1v) is 7.39. The highest BCUT2D eigenvalue weighted by Crippen LogP contribution is 2.39. The van der Waals surface area contributed by atoms with E-state index in [1.807, 2.05) is 49.4 Å². The van der Waals surface area contributed by atoms with E-state index in [1.54, 1.807) is 0 Å². The Kier molecular flexibility index (Phi) is 4.94. The Labute approximate surface area is 136 Å². The topological polar surface area (TPSA) is 70.9 Å². The minimum absolute atomic E-state index is 0. The minimum Gasteiger partial charge on any atom is -0.351 e. The van der Waals surface area contributed by atoms with Crippen molar-refractivity contribution in [3.05, 3.63) is 48.2 Å². The molecule has 5 heteroatoms. The average Bonchev–Trinajstić information content (AvgIpc) is 3.26. The highest BCUT2D eigenvalue weighted by molar-refractivity contribution is 5.94. The van der Waals surface area contributed by atoms with E-state index in [-0.39, 0.29) is 23.9 Å². The summed E-state index contributed by atoms with van der Waals surface area (Å²) in [5.74, 6) is 0.423. The van der Waals surface area contributed by atoms with Crippen LogP contribution in [0.2, 0.25) is 0 Å². The van der Waals surface area contributed by atoms with Gasteiger partial charge in [0.1, 0.15) is 5.69 Å². The molecule has 0 saturated heterocycles. The highest BCUT2D eigenvalue weighted by atomic mass is 35.5. The third-order valence-corrected chi connectivity index (χ3v) is 4.32. The van der Waals surface area contributed by atoms with Gasteiger partial charge in [0.15, 0.2) is 0 Å². The van der Waals surface area contributed by atoms with Gasteiger partial charge in [0, 0.05) is 12.2 Å². The lowest BCUT2D eigenvalue weighted by molar-refractivity contribution is 0.0893. The van der Waals surface area contributed by atoms with Crippen molar-refractivity contribution in [3.63, 3.8) is 0 Å². The van der Waals surface area contributed by atoms with E-state index in [0.717, 1.165) is 24.1 Å². The number of carbonyl (C=O) groups is 1. The van der Waals surface area contributed by atoms with Crippen molar-refractivity contribution >= 4 is 18.3 Å². The molecule has 1 aromatic carbocycles. The molecule has 0 spiro atoms. The maximum absolute atomic E-state index is 12.4. The molecular formula is C17H22ClN3O. The van der Waals surface area contributed by atoms with Crippen LogP contribution in [0.15, 0.2) is 42.5 Å². The Morgan fingerprint density at radius 3 is 2.55 bits per heavy atom. The summed E-state index contributed by atoms with van der Waals surface area (Å²) in [5, 5.41) is 3.09. The lowest BCUT2D eigenvalue weighted by Crippen LogP contribution is -2.53. The molecule has 1 aliphatic carbocycles. The molecule has 1 saturated carbocycles. The van der Waals surface area contributed by atoms with Gasteiger partial charge in [-0.15, -0.1) is 12.4 Å². The van der Waals surface area contributed by atoms with E-state index < -0.39 is 0 Å². The first-order chi connectivity index (χ1) is 10.1. The molecule has 118 valence electrons. The number of hydrogen-bond acceptors (Lipinski definition) is 2.